The standard InChI is InChI=1S/C16H16FN3O2S/c17-11-3-5-13(6-4-11)20-10-12(8-15(20)21)19-16(22)18-9-14-2-1-7-23-14/h1-7,12H,8-10H2,(H2,18,19,22). The van der Waals surface area contributed by atoms with Crippen molar-refractivity contribution in [2.75, 3.05) is 11.4 Å². The third kappa shape index (κ3) is 3.87. The van der Waals surface area contributed by atoms with Gasteiger partial charge in [0.25, 0.3) is 0 Å². The molecule has 1 aromatic carbocycles. The van der Waals surface area contributed by atoms with Crippen LogP contribution in [0.3, 0.4) is 0 Å². The minimum Gasteiger partial charge on any atom is -0.333 e. The SMILES string of the molecule is O=C(NCc1cccs1)NC1CC(=O)N(c2ccc(F)cc2)C1. The van der Waals surface area contributed by atoms with Crippen LogP contribution in [-0.4, -0.2) is 24.5 Å². The molecule has 0 aliphatic carbocycles. The quantitative estimate of drug-likeness (QED) is 0.903. The fourth-order valence-electron chi connectivity index (χ4n) is 2.49. The number of halogens is 1. The Bertz CT molecular complexity index is 688. The van der Waals surface area contributed by atoms with Gasteiger partial charge in [-0.15, -0.1) is 11.3 Å². The van der Waals surface area contributed by atoms with Gasteiger partial charge in [0.1, 0.15) is 5.82 Å². The van der Waals surface area contributed by atoms with Crippen molar-refractivity contribution in [1.29, 1.82) is 0 Å². The second-order valence-corrected chi connectivity index (χ2v) is 6.32. The summed E-state index contributed by atoms with van der Waals surface area (Å²) < 4.78 is 13.0. The van der Waals surface area contributed by atoms with Crippen molar-refractivity contribution in [3.8, 4) is 0 Å². The van der Waals surface area contributed by atoms with E-state index in [0.717, 1.165) is 4.88 Å². The van der Waals surface area contributed by atoms with Crippen LogP contribution in [0.1, 0.15) is 11.3 Å². The van der Waals surface area contributed by atoms with Crippen LogP contribution in [0.2, 0.25) is 0 Å². The normalized spacial score (nSPS) is 17.3. The second kappa shape index (κ2) is 6.78. The Morgan fingerprint density at radius 2 is 2.09 bits per heavy atom. The monoisotopic (exact) mass is 333 g/mol. The van der Waals surface area contributed by atoms with Crippen molar-refractivity contribution in [3.63, 3.8) is 0 Å². The van der Waals surface area contributed by atoms with Crippen LogP contribution in [0.15, 0.2) is 41.8 Å². The molecule has 7 heteroatoms. The number of anilines is 1. The van der Waals surface area contributed by atoms with Crippen molar-refractivity contribution in [1.82, 2.24) is 10.6 Å². The molecule has 0 radical (unpaired) electrons. The minimum absolute atomic E-state index is 0.0832. The van der Waals surface area contributed by atoms with Gasteiger partial charge < -0.3 is 15.5 Å². The van der Waals surface area contributed by atoms with Gasteiger partial charge in [-0.2, -0.15) is 0 Å². The Kier molecular flexibility index (Phi) is 4.57. The molecule has 2 N–H and O–H groups in total. The first-order chi connectivity index (χ1) is 11.1. The number of carbonyl (C=O) groups is 2. The van der Waals surface area contributed by atoms with E-state index in [1.165, 1.54) is 12.1 Å². The maximum absolute atomic E-state index is 13.0. The zero-order chi connectivity index (χ0) is 16.2. The molecule has 2 aromatic rings. The molecular formula is C16H16FN3O2S. The van der Waals surface area contributed by atoms with Crippen molar-refractivity contribution < 1.29 is 14.0 Å². The Morgan fingerprint density at radius 3 is 2.78 bits per heavy atom. The number of nitrogens with one attached hydrogen (secondary N) is 2. The number of carbonyl (C=O) groups excluding carboxylic acids is 2. The highest BCUT2D eigenvalue weighted by molar-refractivity contribution is 7.09. The summed E-state index contributed by atoms with van der Waals surface area (Å²) in [6, 6.07) is 9.08. The summed E-state index contributed by atoms with van der Waals surface area (Å²) >= 11 is 1.57. The topological polar surface area (TPSA) is 61.4 Å². The smallest absolute Gasteiger partial charge is 0.315 e. The predicted molar refractivity (Wildman–Crippen MR) is 86.8 cm³/mol. The molecule has 1 unspecified atom stereocenters. The van der Waals surface area contributed by atoms with Crippen LogP contribution < -0.4 is 15.5 Å². The third-order valence-electron chi connectivity index (χ3n) is 3.60. The number of hydrogen-bond donors (Lipinski definition) is 2. The van der Waals surface area contributed by atoms with Gasteiger partial charge in [-0.25, -0.2) is 9.18 Å². The highest BCUT2D eigenvalue weighted by Gasteiger charge is 2.31. The van der Waals surface area contributed by atoms with Gasteiger partial charge in [0.05, 0.1) is 12.6 Å². The Labute approximate surface area is 137 Å². The first-order valence-electron chi connectivity index (χ1n) is 7.24. The predicted octanol–water partition coefficient (Wildman–Crippen LogP) is 2.49. The van der Waals surface area contributed by atoms with Crippen molar-refractivity contribution in [3.05, 3.63) is 52.5 Å². The summed E-state index contributed by atoms with van der Waals surface area (Å²) in [5.74, 6) is -0.428. The molecule has 5 nitrogen and oxygen atoms in total. The largest absolute Gasteiger partial charge is 0.333 e. The molecule has 1 saturated heterocycles. The lowest BCUT2D eigenvalue weighted by Crippen LogP contribution is -2.43. The van der Waals surface area contributed by atoms with E-state index < -0.39 is 0 Å². The van der Waals surface area contributed by atoms with E-state index in [1.807, 2.05) is 17.5 Å². The summed E-state index contributed by atoms with van der Waals surface area (Å²) in [5.41, 5.74) is 0.639. The van der Waals surface area contributed by atoms with Crippen molar-refractivity contribution >= 4 is 29.0 Å². The van der Waals surface area contributed by atoms with Gasteiger partial charge in [0.2, 0.25) is 5.91 Å². The maximum atomic E-state index is 13.0. The average Bonchev–Trinajstić information content (AvgIpc) is 3.16. The molecule has 0 saturated carbocycles. The number of thiophene rings is 1. The molecule has 1 aliphatic rings. The molecule has 1 fully saturated rings. The van der Waals surface area contributed by atoms with Gasteiger partial charge in [-0.3, -0.25) is 4.79 Å². The highest BCUT2D eigenvalue weighted by atomic mass is 32.1. The first-order valence-corrected chi connectivity index (χ1v) is 8.12. The van der Waals surface area contributed by atoms with Crippen LogP contribution in [-0.2, 0) is 11.3 Å². The van der Waals surface area contributed by atoms with Gasteiger partial charge in [-0.05, 0) is 35.7 Å². The van der Waals surface area contributed by atoms with Crippen LogP contribution in [0.4, 0.5) is 14.9 Å². The van der Waals surface area contributed by atoms with E-state index in [1.54, 1.807) is 28.4 Å². The minimum atomic E-state index is -0.344. The van der Waals surface area contributed by atoms with Crippen LogP contribution in [0, 0.1) is 5.82 Å². The van der Waals surface area contributed by atoms with Crippen LogP contribution >= 0.6 is 11.3 Å². The molecule has 23 heavy (non-hydrogen) atoms. The molecule has 120 valence electrons. The molecule has 3 amide bonds. The molecular weight excluding hydrogens is 317 g/mol. The highest BCUT2D eigenvalue weighted by Crippen LogP contribution is 2.21. The fourth-order valence-corrected chi connectivity index (χ4v) is 3.14. The number of hydrogen-bond acceptors (Lipinski definition) is 3. The number of amides is 3. The fraction of sp³-hybridized carbons (Fsp3) is 0.250. The summed E-state index contributed by atoms with van der Waals surface area (Å²) in [6.45, 7) is 0.850. The lowest BCUT2D eigenvalue weighted by atomic mass is 10.2. The number of nitrogens with zero attached hydrogens (tertiary/aromatic N) is 1. The van der Waals surface area contributed by atoms with E-state index in [2.05, 4.69) is 10.6 Å². The summed E-state index contributed by atoms with van der Waals surface area (Å²) in [5, 5.41) is 7.52. The molecule has 3 rings (SSSR count). The van der Waals surface area contributed by atoms with E-state index >= 15 is 0 Å². The Hall–Kier alpha value is -2.41. The van der Waals surface area contributed by atoms with E-state index in [0.29, 0.717) is 18.8 Å². The van der Waals surface area contributed by atoms with Gasteiger partial charge >= 0.3 is 6.03 Å². The second-order valence-electron chi connectivity index (χ2n) is 5.29. The number of urea groups is 1. The van der Waals surface area contributed by atoms with E-state index in [-0.39, 0.29) is 30.2 Å². The zero-order valence-corrected chi connectivity index (χ0v) is 13.1. The summed E-state index contributed by atoms with van der Waals surface area (Å²) in [7, 11) is 0. The maximum Gasteiger partial charge on any atom is 0.315 e. The average molecular weight is 333 g/mol. The zero-order valence-electron chi connectivity index (χ0n) is 12.3. The lowest BCUT2D eigenvalue weighted by Gasteiger charge is -2.17. The molecule has 0 spiro atoms. The third-order valence-corrected chi connectivity index (χ3v) is 4.48. The van der Waals surface area contributed by atoms with Crippen molar-refractivity contribution in [2.24, 2.45) is 0 Å². The van der Waals surface area contributed by atoms with Crippen LogP contribution in [0.5, 0.6) is 0 Å². The molecule has 1 aromatic heterocycles. The summed E-state index contributed by atoms with van der Waals surface area (Å²) in [4.78, 5) is 26.6. The van der Waals surface area contributed by atoms with Crippen LogP contribution in [0.25, 0.3) is 0 Å². The molecule has 0 bridgehead atoms. The number of rotatable bonds is 4. The first kappa shape index (κ1) is 15.5. The Balaban J connectivity index is 1.53. The van der Waals surface area contributed by atoms with Gasteiger partial charge in [0, 0.05) is 23.5 Å². The number of benzene rings is 1. The van der Waals surface area contributed by atoms with E-state index in [9.17, 15) is 14.0 Å². The molecule has 1 atom stereocenters. The van der Waals surface area contributed by atoms with Gasteiger partial charge in [-0.1, -0.05) is 6.07 Å². The molecule has 1 aliphatic heterocycles. The Morgan fingerprint density at radius 1 is 1.30 bits per heavy atom. The van der Waals surface area contributed by atoms with E-state index in [4.69, 9.17) is 0 Å². The molecule has 2 heterocycles. The summed E-state index contributed by atoms with van der Waals surface area (Å²) in [6.07, 6.45) is 0.240. The lowest BCUT2D eigenvalue weighted by molar-refractivity contribution is -0.117. The van der Waals surface area contributed by atoms with Gasteiger partial charge in [0.15, 0.2) is 0 Å². The van der Waals surface area contributed by atoms with Crippen molar-refractivity contribution in [2.45, 2.75) is 19.0 Å².